The summed E-state index contributed by atoms with van der Waals surface area (Å²) in [6.45, 7) is 1.74. The van der Waals surface area contributed by atoms with Crippen molar-refractivity contribution in [1.29, 1.82) is 0 Å². The van der Waals surface area contributed by atoms with Crippen LogP contribution in [0.2, 0.25) is 0 Å². The maximum Gasteiger partial charge on any atom is 0.574 e. The van der Waals surface area contributed by atoms with Crippen LogP contribution >= 0.6 is 0 Å². The van der Waals surface area contributed by atoms with Crippen LogP contribution in [0, 0.1) is 0 Å². The molecule has 1 rings (SSSR count). The van der Waals surface area contributed by atoms with E-state index in [1.807, 2.05) is 0 Å². The zero-order chi connectivity index (χ0) is 9.90. The second kappa shape index (κ2) is 3.64. The van der Waals surface area contributed by atoms with Gasteiger partial charge in [0.2, 0.25) is 5.88 Å². The minimum absolute atomic E-state index is 0.363. The highest BCUT2D eigenvalue weighted by molar-refractivity contribution is 5.25. The first kappa shape index (κ1) is 9.83. The molecule has 1 aromatic heterocycles. The standard InChI is InChI=1S/C8H8F3NO/c1-2-6-4-3-5-12-7(6)13-8(9,10)11/h3-5H,2H2,1H3. The topological polar surface area (TPSA) is 22.1 Å². The summed E-state index contributed by atoms with van der Waals surface area (Å²) >= 11 is 0. The predicted molar refractivity (Wildman–Crippen MR) is 40.3 cm³/mol. The predicted octanol–water partition coefficient (Wildman–Crippen LogP) is 2.54. The molecule has 0 saturated carbocycles. The van der Waals surface area contributed by atoms with E-state index in [0.717, 1.165) is 0 Å². The van der Waals surface area contributed by atoms with Gasteiger partial charge in [0.25, 0.3) is 0 Å². The molecular formula is C8H8F3NO. The third-order valence-corrected chi connectivity index (χ3v) is 1.44. The van der Waals surface area contributed by atoms with E-state index < -0.39 is 6.36 Å². The molecule has 0 bridgehead atoms. The maximum atomic E-state index is 11.8. The van der Waals surface area contributed by atoms with Gasteiger partial charge in [0, 0.05) is 11.8 Å². The number of nitrogens with zero attached hydrogens (tertiary/aromatic N) is 1. The summed E-state index contributed by atoms with van der Waals surface area (Å²) in [4.78, 5) is 3.49. The Kier molecular flexibility index (Phi) is 2.75. The third-order valence-electron chi connectivity index (χ3n) is 1.44. The minimum atomic E-state index is -4.67. The van der Waals surface area contributed by atoms with Crippen molar-refractivity contribution in [3.05, 3.63) is 23.9 Å². The molecule has 0 N–H and O–H groups in total. The number of alkyl halides is 3. The lowest BCUT2D eigenvalue weighted by atomic mass is 10.2. The largest absolute Gasteiger partial charge is 0.574 e. The highest BCUT2D eigenvalue weighted by atomic mass is 19.4. The highest BCUT2D eigenvalue weighted by Crippen LogP contribution is 2.23. The molecule has 1 aromatic rings. The Balaban J connectivity index is 2.87. The molecule has 0 radical (unpaired) electrons. The van der Waals surface area contributed by atoms with Crippen LogP contribution in [0.5, 0.6) is 5.88 Å². The van der Waals surface area contributed by atoms with Crippen molar-refractivity contribution in [3.63, 3.8) is 0 Å². The second-order valence-corrected chi connectivity index (χ2v) is 2.37. The normalized spacial score (nSPS) is 11.4. The molecule has 0 aromatic carbocycles. The highest BCUT2D eigenvalue weighted by Gasteiger charge is 2.32. The molecule has 0 atom stereocenters. The summed E-state index contributed by atoms with van der Waals surface area (Å²) < 4.78 is 39.1. The Morgan fingerprint density at radius 2 is 2.15 bits per heavy atom. The minimum Gasteiger partial charge on any atom is -0.388 e. The molecule has 0 spiro atoms. The van der Waals surface area contributed by atoms with Gasteiger partial charge in [-0.05, 0) is 12.5 Å². The molecule has 13 heavy (non-hydrogen) atoms. The molecular weight excluding hydrogens is 183 g/mol. The Bertz CT molecular complexity index is 285. The van der Waals surface area contributed by atoms with Crippen molar-refractivity contribution in [3.8, 4) is 5.88 Å². The zero-order valence-electron chi connectivity index (χ0n) is 6.93. The summed E-state index contributed by atoms with van der Waals surface area (Å²) in [5.41, 5.74) is 0.444. The van der Waals surface area contributed by atoms with Gasteiger partial charge in [0.15, 0.2) is 0 Å². The van der Waals surface area contributed by atoms with Crippen molar-refractivity contribution in [2.75, 3.05) is 0 Å². The lowest BCUT2D eigenvalue weighted by molar-refractivity contribution is -0.276. The van der Waals surface area contributed by atoms with Crippen molar-refractivity contribution < 1.29 is 17.9 Å². The fraction of sp³-hybridized carbons (Fsp3) is 0.375. The number of aryl methyl sites for hydroxylation is 1. The number of halogens is 3. The first-order valence-electron chi connectivity index (χ1n) is 3.72. The molecule has 0 fully saturated rings. The van der Waals surface area contributed by atoms with Gasteiger partial charge in [-0.15, -0.1) is 13.2 Å². The molecule has 0 amide bonds. The van der Waals surface area contributed by atoms with Crippen molar-refractivity contribution in [2.24, 2.45) is 0 Å². The SMILES string of the molecule is CCc1cccnc1OC(F)(F)F. The first-order valence-corrected chi connectivity index (χ1v) is 3.72. The average molecular weight is 191 g/mol. The van der Waals surface area contributed by atoms with E-state index in [2.05, 4.69) is 9.72 Å². The van der Waals surface area contributed by atoms with Gasteiger partial charge in [0.1, 0.15) is 0 Å². The van der Waals surface area contributed by atoms with Gasteiger partial charge >= 0.3 is 6.36 Å². The van der Waals surface area contributed by atoms with Gasteiger partial charge in [-0.3, -0.25) is 0 Å². The van der Waals surface area contributed by atoms with Crippen LogP contribution < -0.4 is 4.74 Å². The number of ether oxygens (including phenoxy) is 1. The van der Waals surface area contributed by atoms with Crippen LogP contribution in [0.4, 0.5) is 13.2 Å². The smallest absolute Gasteiger partial charge is 0.388 e. The molecule has 0 unspecified atom stereocenters. The summed E-state index contributed by atoms with van der Waals surface area (Å²) in [6, 6.07) is 3.12. The molecule has 0 aliphatic heterocycles. The van der Waals surface area contributed by atoms with Gasteiger partial charge in [-0.1, -0.05) is 13.0 Å². The van der Waals surface area contributed by atoms with Gasteiger partial charge in [-0.25, -0.2) is 4.98 Å². The van der Waals surface area contributed by atoms with Crippen LogP contribution in [0.25, 0.3) is 0 Å². The Labute approximate surface area is 73.4 Å². The van der Waals surface area contributed by atoms with Crippen LogP contribution in [0.3, 0.4) is 0 Å². The molecule has 0 aliphatic carbocycles. The quantitative estimate of drug-likeness (QED) is 0.716. The van der Waals surface area contributed by atoms with Crippen LogP contribution in [-0.2, 0) is 6.42 Å². The van der Waals surface area contributed by atoms with E-state index in [1.165, 1.54) is 6.20 Å². The summed E-state index contributed by atoms with van der Waals surface area (Å²) in [7, 11) is 0. The van der Waals surface area contributed by atoms with E-state index in [1.54, 1.807) is 19.1 Å². The Morgan fingerprint density at radius 1 is 1.46 bits per heavy atom. The van der Waals surface area contributed by atoms with E-state index >= 15 is 0 Å². The Hall–Kier alpha value is -1.26. The fourth-order valence-electron chi connectivity index (χ4n) is 0.895. The van der Waals surface area contributed by atoms with E-state index in [4.69, 9.17) is 0 Å². The second-order valence-electron chi connectivity index (χ2n) is 2.37. The van der Waals surface area contributed by atoms with Crippen molar-refractivity contribution in [2.45, 2.75) is 19.7 Å². The number of aromatic nitrogens is 1. The van der Waals surface area contributed by atoms with Crippen LogP contribution in [0.1, 0.15) is 12.5 Å². The first-order chi connectivity index (χ1) is 6.03. The number of rotatable bonds is 2. The summed E-state index contributed by atoms with van der Waals surface area (Å²) in [5.74, 6) is -0.363. The maximum absolute atomic E-state index is 11.8. The molecule has 72 valence electrons. The average Bonchev–Trinajstić information content (AvgIpc) is 2.02. The number of hydrogen-bond donors (Lipinski definition) is 0. The fourth-order valence-corrected chi connectivity index (χ4v) is 0.895. The summed E-state index contributed by atoms with van der Waals surface area (Å²) in [5, 5.41) is 0. The van der Waals surface area contributed by atoms with Crippen LogP contribution in [-0.4, -0.2) is 11.3 Å². The van der Waals surface area contributed by atoms with Crippen molar-refractivity contribution >= 4 is 0 Å². The van der Waals surface area contributed by atoms with Crippen molar-refractivity contribution in [1.82, 2.24) is 4.98 Å². The molecule has 5 heteroatoms. The van der Waals surface area contributed by atoms with Gasteiger partial charge in [0.05, 0.1) is 0 Å². The lowest BCUT2D eigenvalue weighted by Gasteiger charge is -2.10. The zero-order valence-corrected chi connectivity index (χ0v) is 6.93. The lowest BCUT2D eigenvalue weighted by Crippen LogP contribution is -2.18. The van der Waals surface area contributed by atoms with Crippen LogP contribution in [0.15, 0.2) is 18.3 Å². The Morgan fingerprint density at radius 3 is 2.69 bits per heavy atom. The molecule has 0 aliphatic rings. The van der Waals surface area contributed by atoms with Gasteiger partial charge < -0.3 is 4.74 Å². The van der Waals surface area contributed by atoms with E-state index in [-0.39, 0.29) is 5.88 Å². The van der Waals surface area contributed by atoms with E-state index in [0.29, 0.717) is 12.0 Å². The summed E-state index contributed by atoms with van der Waals surface area (Å²) in [6.07, 6.45) is -2.95. The monoisotopic (exact) mass is 191 g/mol. The van der Waals surface area contributed by atoms with E-state index in [9.17, 15) is 13.2 Å². The number of pyridine rings is 1. The molecule has 2 nitrogen and oxygen atoms in total. The molecule has 0 saturated heterocycles. The third kappa shape index (κ3) is 2.93. The van der Waals surface area contributed by atoms with Gasteiger partial charge in [-0.2, -0.15) is 0 Å². The number of hydrogen-bond acceptors (Lipinski definition) is 2. The molecule has 1 heterocycles.